The van der Waals surface area contributed by atoms with Crippen molar-refractivity contribution in [1.29, 1.82) is 0 Å². The van der Waals surface area contributed by atoms with Gasteiger partial charge in [-0.2, -0.15) is 8.78 Å². The summed E-state index contributed by atoms with van der Waals surface area (Å²) in [4.78, 5) is 0.300. The van der Waals surface area contributed by atoms with Gasteiger partial charge in [0.2, 0.25) is 5.16 Å². The highest BCUT2D eigenvalue weighted by atomic mass is 32.2. The third-order valence-electron chi connectivity index (χ3n) is 3.89. The van der Waals surface area contributed by atoms with E-state index in [2.05, 4.69) is 14.9 Å². The van der Waals surface area contributed by atoms with E-state index in [0.717, 1.165) is 0 Å². The van der Waals surface area contributed by atoms with Gasteiger partial charge < -0.3 is 10.6 Å². The molecule has 0 aliphatic rings. The maximum Gasteiger partial charge on any atom is 0.387 e. The van der Waals surface area contributed by atoms with Crippen LogP contribution in [0.15, 0.2) is 64.6 Å². The fourth-order valence-electron chi connectivity index (χ4n) is 2.52. The van der Waals surface area contributed by atoms with Crippen molar-refractivity contribution in [1.82, 2.24) is 14.9 Å². The van der Waals surface area contributed by atoms with E-state index in [1.807, 2.05) is 0 Å². The molecule has 0 spiro atoms. The van der Waals surface area contributed by atoms with Crippen LogP contribution in [0.5, 0.6) is 5.75 Å². The Morgan fingerprint density at radius 3 is 2.41 bits per heavy atom. The quantitative estimate of drug-likeness (QED) is 0.310. The number of thioether (sulfide) groups is 1. The molecular formula is C18H18F2N4O3S2. The fraction of sp³-hybridized carbons (Fsp3) is 0.222. The Labute approximate surface area is 170 Å². The minimum atomic E-state index is -3.33. The van der Waals surface area contributed by atoms with Gasteiger partial charge >= 0.3 is 6.61 Å². The maximum absolute atomic E-state index is 12.3. The standard InChI is InChI=1S/C18H18F2N4O3S2/c19-17(20)27-14-9-7-13(8-10-14)16-22-23-18(24(16)21)28-11-4-12-29(25,26)15-5-2-1-3-6-15/h1-3,5-10,17H,4,11-12,21H2. The molecule has 2 N–H and O–H groups in total. The molecule has 0 atom stereocenters. The Balaban J connectivity index is 1.57. The molecule has 11 heteroatoms. The molecule has 1 aromatic heterocycles. The Kier molecular flexibility index (Phi) is 6.70. The average Bonchev–Trinajstić information content (AvgIpc) is 3.07. The number of benzene rings is 2. The average molecular weight is 440 g/mol. The number of sulfone groups is 1. The molecule has 0 radical (unpaired) electrons. The maximum atomic E-state index is 12.3. The van der Waals surface area contributed by atoms with Gasteiger partial charge in [0.25, 0.3) is 0 Å². The summed E-state index contributed by atoms with van der Waals surface area (Å²) < 4.78 is 54.6. The van der Waals surface area contributed by atoms with Gasteiger partial charge in [-0.3, -0.25) is 0 Å². The second-order valence-corrected chi connectivity index (χ2v) is 9.08. The Morgan fingerprint density at radius 2 is 1.76 bits per heavy atom. The van der Waals surface area contributed by atoms with Crippen LogP contribution in [0, 0.1) is 0 Å². The van der Waals surface area contributed by atoms with E-state index in [0.29, 0.717) is 33.6 Å². The van der Waals surface area contributed by atoms with E-state index in [1.165, 1.54) is 28.6 Å². The first kappa shape index (κ1) is 21.1. The smallest absolute Gasteiger partial charge is 0.387 e. The minimum Gasteiger partial charge on any atom is -0.435 e. The summed E-state index contributed by atoms with van der Waals surface area (Å²) in [5.41, 5.74) is 0.583. The summed E-state index contributed by atoms with van der Waals surface area (Å²) in [7, 11) is -3.33. The number of hydrogen-bond acceptors (Lipinski definition) is 7. The lowest BCUT2D eigenvalue weighted by atomic mass is 10.2. The van der Waals surface area contributed by atoms with E-state index >= 15 is 0 Å². The Hall–Kier alpha value is -2.66. The normalized spacial score (nSPS) is 11.7. The molecule has 2 aromatic carbocycles. The van der Waals surface area contributed by atoms with Crippen molar-refractivity contribution in [2.24, 2.45) is 0 Å². The van der Waals surface area contributed by atoms with Crippen LogP contribution in [0.25, 0.3) is 11.4 Å². The number of ether oxygens (including phenoxy) is 1. The lowest BCUT2D eigenvalue weighted by molar-refractivity contribution is -0.0498. The molecule has 154 valence electrons. The van der Waals surface area contributed by atoms with Crippen molar-refractivity contribution < 1.29 is 21.9 Å². The van der Waals surface area contributed by atoms with E-state index in [4.69, 9.17) is 5.84 Å². The number of nitrogen functional groups attached to an aromatic ring is 1. The van der Waals surface area contributed by atoms with Crippen LogP contribution in [0.3, 0.4) is 0 Å². The van der Waals surface area contributed by atoms with Crippen molar-refractivity contribution in [3.8, 4) is 17.1 Å². The minimum absolute atomic E-state index is 0.0151. The summed E-state index contributed by atoms with van der Waals surface area (Å²) in [6, 6.07) is 14.1. The SMILES string of the molecule is Nn1c(SCCCS(=O)(=O)c2ccccc2)nnc1-c1ccc(OC(F)F)cc1. The number of hydrogen-bond donors (Lipinski definition) is 1. The first-order chi connectivity index (χ1) is 13.9. The molecule has 0 unspecified atom stereocenters. The van der Waals surface area contributed by atoms with Crippen LogP contribution >= 0.6 is 11.8 Å². The summed E-state index contributed by atoms with van der Waals surface area (Å²) in [6.07, 6.45) is 0.420. The highest BCUT2D eigenvalue weighted by Gasteiger charge is 2.15. The van der Waals surface area contributed by atoms with Gasteiger partial charge in [0.05, 0.1) is 10.6 Å². The zero-order valence-corrected chi connectivity index (χ0v) is 16.7. The predicted molar refractivity (Wildman–Crippen MR) is 106 cm³/mol. The monoisotopic (exact) mass is 440 g/mol. The van der Waals surface area contributed by atoms with Crippen LogP contribution < -0.4 is 10.6 Å². The second-order valence-electron chi connectivity index (χ2n) is 5.91. The van der Waals surface area contributed by atoms with Gasteiger partial charge in [0.1, 0.15) is 5.75 Å². The van der Waals surface area contributed by atoms with Gasteiger partial charge in [0.15, 0.2) is 15.7 Å². The number of nitrogens with zero attached hydrogens (tertiary/aromatic N) is 3. The van der Waals surface area contributed by atoms with Gasteiger partial charge in [-0.05, 0) is 42.8 Å². The van der Waals surface area contributed by atoms with Gasteiger partial charge in [0, 0.05) is 11.3 Å². The fourth-order valence-corrected chi connectivity index (χ4v) is 4.83. The molecule has 1 heterocycles. The lowest BCUT2D eigenvalue weighted by Crippen LogP contribution is -2.12. The van der Waals surface area contributed by atoms with Crippen molar-refractivity contribution in [2.75, 3.05) is 17.3 Å². The number of alkyl halides is 2. The third-order valence-corrected chi connectivity index (χ3v) is 6.74. The molecule has 0 saturated heterocycles. The van der Waals surface area contributed by atoms with Crippen LogP contribution in [-0.2, 0) is 9.84 Å². The van der Waals surface area contributed by atoms with Gasteiger partial charge in [-0.1, -0.05) is 30.0 Å². The predicted octanol–water partition coefficient (Wildman–Crippen LogP) is 3.22. The summed E-state index contributed by atoms with van der Waals surface area (Å²) in [5, 5.41) is 8.44. The first-order valence-corrected chi connectivity index (χ1v) is 11.2. The molecule has 0 amide bonds. The highest BCUT2D eigenvalue weighted by molar-refractivity contribution is 7.99. The molecule has 3 rings (SSSR count). The Morgan fingerprint density at radius 1 is 1.07 bits per heavy atom. The van der Waals surface area contributed by atoms with Crippen molar-refractivity contribution in [3.63, 3.8) is 0 Å². The van der Waals surface area contributed by atoms with Crippen molar-refractivity contribution in [3.05, 3.63) is 54.6 Å². The topological polar surface area (TPSA) is 100 Å². The van der Waals surface area contributed by atoms with Crippen LogP contribution in [0.2, 0.25) is 0 Å². The van der Waals surface area contributed by atoms with Crippen molar-refractivity contribution >= 4 is 21.6 Å². The molecule has 0 saturated carbocycles. The number of rotatable bonds is 9. The third kappa shape index (κ3) is 5.45. The molecule has 3 aromatic rings. The molecule has 0 aliphatic heterocycles. The van der Waals surface area contributed by atoms with Crippen LogP contribution in [0.4, 0.5) is 8.78 Å². The zero-order chi connectivity index (χ0) is 20.9. The number of aromatic nitrogens is 3. The molecule has 29 heavy (non-hydrogen) atoms. The lowest BCUT2D eigenvalue weighted by Gasteiger charge is -2.06. The summed E-state index contributed by atoms with van der Waals surface area (Å²) in [5.74, 6) is 6.90. The van der Waals surface area contributed by atoms with Crippen LogP contribution in [0.1, 0.15) is 6.42 Å². The van der Waals surface area contributed by atoms with Crippen LogP contribution in [-0.4, -0.2) is 41.4 Å². The van der Waals surface area contributed by atoms with E-state index < -0.39 is 16.4 Å². The molecule has 7 nitrogen and oxygen atoms in total. The highest BCUT2D eigenvalue weighted by Crippen LogP contribution is 2.25. The number of halogens is 2. The van der Waals surface area contributed by atoms with E-state index in [1.54, 1.807) is 42.5 Å². The van der Waals surface area contributed by atoms with Crippen molar-refractivity contribution in [2.45, 2.75) is 23.1 Å². The summed E-state index contributed by atoms with van der Waals surface area (Å²) in [6.45, 7) is -2.90. The van der Waals surface area contributed by atoms with E-state index in [-0.39, 0.29) is 11.5 Å². The Bertz CT molecular complexity index is 1040. The van der Waals surface area contributed by atoms with Gasteiger partial charge in [-0.25, -0.2) is 13.1 Å². The second kappa shape index (κ2) is 9.23. The molecule has 0 bridgehead atoms. The zero-order valence-electron chi connectivity index (χ0n) is 15.1. The largest absolute Gasteiger partial charge is 0.435 e. The first-order valence-electron chi connectivity index (χ1n) is 8.53. The molecule has 0 fully saturated rings. The molecular weight excluding hydrogens is 422 g/mol. The van der Waals surface area contributed by atoms with E-state index in [9.17, 15) is 17.2 Å². The molecule has 0 aliphatic carbocycles. The van der Waals surface area contributed by atoms with Gasteiger partial charge in [-0.15, -0.1) is 10.2 Å². The summed E-state index contributed by atoms with van der Waals surface area (Å²) >= 11 is 1.29. The number of nitrogens with two attached hydrogens (primary N) is 1.